The fourth-order valence-corrected chi connectivity index (χ4v) is 1.49. The molecule has 1 aromatic carbocycles. The molecule has 1 aromatic rings. The van der Waals surface area contributed by atoms with Crippen molar-refractivity contribution in [3.8, 4) is 5.75 Å². The van der Waals surface area contributed by atoms with Crippen molar-refractivity contribution in [2.45, 2.75) is 33.1 Å². The Hall–Kier alpha value is -1.31. The van der Waals surface area contributed by atoms with Gasteiger partial charge in [-0.25, -0.2) is 0 Å². The highest BCUT2D eigenvalue weighted by atomic mass is 16.3. The number of benzene rings is 1. The van der Waals surface area contributed by atoms with E-state index in [0.717, 1.165) is 23.0 Å². The average Bonchev–Trinajstić information content (AvgIpc) is 2.15. The van der Waals surface area contributed by atoms with E-state index >= 15 is 0 Å². The van der Waals surface area contributed by atoms with Crippen molar-refractivity contribution >= 4 is 6.29 Å². The van der Waals surface area contributed by atoms with Crippen molar-refractivity contribution in [1.29, 1.82) is 0 Å². The predicted molar refractivity (Wildman–Crippen MR) is 56.7 cm³/mol. The molecule has 0 amide bonds. The fourth-order valence-electron chi connectivity index (χ4n) is 1.49. The minimum atomic E-state index is 0.0896. The topological polar surface area (TPSA) is 37.3 Å². The summed E-state index contributed by atoms with van der Waals surface area (Å²) in [5, 5.41) is 9.86. The largest absolute Gasteiger partial charge is 0.507 e. The van der Waals surface area contributed by atoms with Crippen LogP contribution in [0.2, 0.25) is 0 Å². The van der Waals surface area contributed by atoms with Gasteiger partial charge in [-0.3, -0.25) is 0 Å². The van der Waals surface area contributed by atoms with Gasteiger partial charge in [-0.15, -0.1) is 0 Å². The van der Waals surface area contributed by atoms with Crippen LogP contribution in [-0.2, 0) is 4.79 Å². The molecule has 1 N–H and O–H groups in total. The minimum absolute atomic E-state index is 0.0896. The molecule has 1 unspecified atom stereocenters. The van der Waals surface area contributed by atoms with Crippen molar-refractivity contribution in [2.75, 3.05) is 0 Å². The second-order valence-electron chi connectivity index (χ2n) is 3.75. The number of aldehydes is 1. The number of carbonyl (C=O) groups excluding carboxylic acids is 1. The molecule has 0 aliphatic rings. The molecule has 0 aliphatic heterocycles. The highest BCUT2D eigenvalue weighted by molar-refractivity contribution is 5.54. The summed E-state index contributed by atoms with van der Waals surface area (Å²) in [7, 11) is 0. The van der Waals surface area contributed by atoms with Crippen LogP contribution >= 0.6 is 0 Å². The summed E-state index contributed by atoms with van der Waals surface area (Å²) < 4.78 is 0. The van der Waals surface area contributed by atoms with Gasteiger partial charge in [0.05, 0.1) is 0 Å². The molecule has 0 saturated carbocycles. The molecule has 0 aromatic heterocycles. The average molecular weight is 192 g/mol. The molecule has 0 heterocycles. The Bertz CT molecular complexity index is 342. The van der Waals surface area contributed by atoms with Gasteiger partial charge in [0.15, 0.2) is 0 Å². The van der Waals surface area contributed by atoms with Crippen molar-refractivity contribution in [1.82, 2.24) is 0 Å². The number of phenolic OH excluding ortho intramolecular Hbond substituents is 1. The Kier molecular flexibility index (Phi) is 3.28. The molecule has 2 heteroatoms. The minimum Gasteiger partial charge on any atom is -0.507 e. The van der Waals surface area contributed by atoms with Crippen LogP contribution in [0.1, 0.15) is 36.0 Å². The standard InChI is InChI=1S/C12H16O2/c1-8-4-5-11(9(2)6-7-13)12(14)10(8)3/h4-5,7,9,14H,6H2,1-3H3. The van der Waals surface area contributed by atoms with Gasteiger partial charge in [-0.05, 0) is 36.5 Å². The van der Waals surface area contributed by atoms with Gasteiger partial charge in [0.2, 0.25) is 0 Å². The van der Waals surface area contributed by atoms with Crippen molar-refractivity contribution in [2.24, 2.45) is 0 Å². The Balaban J connectivity index is 3.10. The monoisotopic (exact) mass is 192 g/mol. The molecule has 0 aliphatic carbocycles. The second kappa shape index (κ2) is 4.27. The molecule has 0 bridgehead atoms. The molecule has 1 atom stereocenters. The van der Waals surface area contributed by atoms with Gasteiger partial charge in [0.1, 0.15) is 12.0 Å². The summed E-state index contributed by atoms with van der Waals surface area (Å²) in [5.74, 6) is 0.422. The van der Waals surface area contributed by atoms with Crippen LogP contribution in [0.5, 0.6) is 5.75 Å². The van der Waals surface area contributed by atoms with Crippen LogP contribution in [0.25, 0.3) is 0 Å². The van der Waals surface area contributed by atoms with Crippen LogP contribution < -0.4 is 0 Å². The van der Waals surface area contributed by atoms with E-state index in [2.05, 4.69) is 0 Å². The summed E-state index contributed by atoms with van der Waals surface area (Å²) in [6, 6.07) is 3.87. The molecule has 0 saturated heterocycles. The van der Waals surface area contributed by atoms with Crippen molar-refractivity contribution in [3.63, 3.8) is 0 Å². The lowest BCUT2D eigenvalue weighted by atomic mass is 9.94. The van der Waals surface area contributed by atoms with Gasteiger partial charge < -0.3 is 9.90 Å². The Morgan fingerprint density at radius 1 is 1.43 bits per heavy atom. The van der Waals surface area contributed by atoms with Crippen LogP contribution in [0.15, 0.2) is 12.1 Å². The van der Waals surface area contributed by atoms with Gasteiger partial charge >= 0.3 is 0 Å². The predicted octanol–water partition coefficient (Wildman–Crippen LogP) is 2.70. The second-order valence-corrected chi connectivity index (χ2v) is 3.75. The number of aryl methyl sites for hydroxylation is 1. The van der Waals surface area contributed by atoms with E-state index in [4.69, 9.17) is 0 Å². The highest BCUT2D eigenvalue weighted by Gasteiger charge is 2.12. The molecule has 14 heavy (non-hydrogen) atoms. The van der Waals surface area contributed by atoms with E-state index in [1.165, 1.54) is 0 Å². The molecular formula is C12H16O2. The lowest BCUT2D eigenvalue weighted by Gasteiger charge is -2.13. The summed E-state index contributed by atoms with van der Waals surface area (Å²) in [6.07, 6.45) is 1.34. The molecule has 0 radical (unpaired) electrons. The summed E-state index contributed by atoms with van der Waals surface area (Å²) in [5.41, 5.74) is 2.84. The van der Waals surface area contributed by atoms with E-state index < -0.39 is 0 Å². The maximum Gasteiger partial charge on any atom is 0.122 e. The summed E-state index contributed by atoms with van der Waals surface area (Å²) in [4.78, 5) is 10.4. The van der Waals surface area contributed by atoms with E-state index in [-0.39, 0.29) is 5.92 Å². The van der Waals surface area contributed by atoms with Gasteiger partial charge in [-0.2, -0.15) is 0 Å². The maximum atomic E-state index is 10.4. The van der Waals surface area contributed by atoms with Crippen molar-refractivity contribution in [3.05, 3.63) is 28.8 Å². The SMILES string of the molecule is Cc1ccc(C(C)CC=O)c(O)c1C. The Morgan fingerprint density at radius 2 is 2.07 bits per heavy atom. The zero-order valence-electron chi connectivity index (χ0n) is 8.87. The fraction of sp³-hybridized carbons (Fsp3) is 0.417. The number of phenols is 1. The van der Waals surface area contributed by atoms with Gasteiger partial charge in [-0.1, -0.05) is 19.1 Å². The molecular weight excluding hydrogens is 176 g/mol. The lowest BCUT2D eigenvalue weighted by Crippen LogP contribution is -1.97. The molecule has 76 valence electrons. The molecule has 0 spiro atoms. The van der Waals surface area contributed by atoms with E-state index in [9.17, 15) is 9.90 Å². The zero-order chi connectivity index (χ0) is 10.7. The van der Waals surface area contributed by atoms with E-state index in [1.54, 1.807) is 0 Å². The number of hydrogen-bond donors (Lipinski definition) is 1. The van der Waals surface area contributed by atoms with Crippen LogP contribution in [0.4, 0.5) is 0 Å². The number of rotatable bonds is 3. The molecule has 1 rings (SSSR count). The lowest BCUT2D eigenvalue weighted by molar-refractivity contribution is -0.108. The normalized spacial score (nSPS) is 12.5. The third-order valence-corrected chi connectivity index (χ3v) is 2.71. The maximum absolute atomic E-state index is 10.4. The number of aromatic hydroxyl groups is 1. The zero-order valence-corrected chi connectivity index (χ0v) is 8.87. The van der Waals surface area contributed by atoms with Crippen LogP contribution in [-0.4, -0.2) is 11.4 Å². The first-order valence-corrected chi connectivity index (χ1v) is 4.80. The van der Waals surface area contributed by atoms with Crippen molar-refractivity contribution < 1.29 is 9.90 Å². The van der Waals surface area contributed by atoms with Gasteiger partial charge in [0.25, 0.3) is 0 Å². The number of hydrogen-bond acceptors (Lipinski definition) is 2. The first-order valence-electron chi connectivity index (χ1n) is 4.80. The smallest absolute Gasteiger partial charge is 0.122 e. The molecule has 2 nitrogen and oxygen atoms in total. The molecule has 0 fully saturated rings. The first kappa shape index (κ1) is 10.8. The Morgan fingerprint density at radius 3 is 2.64 bits per heavy atom. The van der Waals surface area contributed by atoms with Crippen LogP contribution in [0.3, 0.4) is 0 Å². The van der Waals surface area contributed by atoms with Gasteiger partial charge in [0, 0.05) is 6.42 Å². The van der Waals surface area contributed by atoms with E-state index in [0.29, 0.717) is 12.2 Å². The highest BCUT2D eigenvalue weighted by Crippen LogP contribution is 2.31. The summed E-state index contributed by atoms with van der Waals surface area (Å²) >= 11 is 0. The Labute approximate surface area is 84.6 Å². The third-order valence-electron chi connectivity index (χ3n) is 2.71. The number of carbonyl (C=O) groups is 1. The quantitative estimate of drug-likeness (QED) is 0.747. The first-order chi connectivity index (χ1) is 6.57. The third kappa shape index (κ3) is 1.95. The van der Waals surface area contributed by atoms with E-state index in [1.807, 2.05) is 32.9 Å². The van der Waals surface area contributed by atoms with Crippen LogP contribution in [0, 0.1) is 13.8 Å². The summed E-state index contributed by atoms with van der Waals surface area (Å²) in [6.45, 7) is 5.79.